The number of carbonyl (C=O) groups excluding carboxylic acids is 1. The molecule has 114 valence electrons. The van der Waals surface area contributed by atoms with Crippen LogP contribution >= 0.6 is 11.3 Å². The van der Waals surface area contributed by atoms with Crippen LogP contribution in [0.1, 0.15) is 42.4 Å². The zero-order chi connectivity index (χ0) is 15.6. The highest BCUT2D eigenvalue weighted by atomic mass is 32.1. The molecule has 1 aliphatic rings. The van der Waals surface area contributed by atoms with Gasteiger partial charge in [0.15, 0.2) is 0 Å². The zero-order valence-corrected chi connectivity index (χ0v) is 13.6. The van der Waals surface area contributed by atoms with Crippen LogP contribution in [0.15, 0.2) is 0 Å². The fourth-order valence-corrected chi connectivity index (χ4v) is 3.81. The van der Waals surface area contributed by atoms with Gasteiger partial charge in [0.05, 0.1) is 5.69 Å². The third kappa shape index (κ3) is 2.98. The average molecular weight is 306 g/mol. The van der Waals surface area contributed by atoms with E-state index < -0.39 is 0 Å². The van der Waals surface area contributed by atoms with Crippen molar-refractivity contribution in [3.8, 4) is 6.07 Å². The summed E-state index contributed by atoms with van der Waals surface area (Å²) in [7, 11) is 0. The topological polar surface area (TPSA) is 82.2 Å². The lowest BCUT2D eigenvalue weighted by atomic mass is 9.95. The maximum Gasteiger partial charge on any atom is 0.263 e. The second-order valence-corrected chi connectivity index (χ2v) is 6.73. The standard InChI is InChI=1S/C15H22N4OS/c1-4-18-14(20)13-12(17)11(7-16)15(21-13)19-6-5-10(8-19)9(2)3/h9-10H,4-6,8,17H2,1-3H3,(H,18,20). The molecule has 1 saturated heterocycles. The molecule has 0 spiro atoms. The molecule has 2 rings (SSSR count). The molecule has 0 bridgehead atoms. The number of thiophene rings is 1. The van der Waals surface area contributed by atoms with E-state index in [4.69, 9.17) is 5.73 Å². The highest BCUT2D eigenvalue weighted by Crippen LogP contribution is 2.40. The number of nitrogens with zero attached hydrogens (tertiary/aromatic N) is 2. The van der Waals surface area contributed by atoms with Crippen LogP contribution in [0.3, 0.4) is 0 Å². The summed E-state index contributed by atoms with van der Waals surface area (Å²) < 4.78 is 0. The van der Waals surface area contributed by atoms with E-state index in [0.29, 0.717) is 34.5 Å². The second-order valence-electron chi connectivity index (χ2n) is 5.74. The summed E-state index contributed by atoms with van der Waals surface area (Å²) in [5, 5.41) is 13.0. The van der Waals surface area contributed by atoms with Gasteiger partial charge in [0, 0.05) is 19.6 Å². The molecule has 6 heteroatoms. The van der Waals surface area contributed by atoms with Crippen LogP contribution in [-0.2, 0) is 0 Å². The zero-order valence-electron chi connectivity index (χ0n) is 12.8. The Labute approximate surface area is 129 Å². The maximum absolute atomic E-state index is 12.0. The lowest BCUT2D eigenvalue weighted by molar-refractivity contribution is 0.0960. The first-order valence-corrected chi connectivity index (χ1v) is 8.16. The molecule has 0 radical (unpaired) electrons. The third-order valence-corrected chi connectivity index (χ3v) is 5.30. The van der Waals surface area contributed by atoms with Crippen LogP contribution in [0.4, 0.5) is 10.7 Å². The van der Waals surface area contributed by atoms with Crippen LogP contribution in [-0.4, -0.2) is 25.5 Å². The molecule has 21 heavy (non-hydrogen) atoms. The van der Waals surface area contributed by atoms with E-state index in [-0.39, 0.29) is 5.91 Å². The molecule has 0 saturated carbocycles. The maximum atomic E-state index is 12.0. The average Bonchev–Trinajstić information content (AvgIpc) is 3.03. The molecule has 0 aromatic carbocycles. The summed E-state index contributed by atoms with van der Waals surface area (Å²) in [5.74, 6) is 1.07. The summed E-state index contributed by atoms with van der Waals surface area (Å²) in [6.45, 7) is 8.71. The molecule has 1 atom stereocenters. The predicted molar refractivity (Wildman–Crippen MR) is 86.6 cm³/mol. The fraction of sp³-hybridized carbons (Fsp3) is 0.600. The number of amides is 1. The number of nitrogen functional groups attached to an aromatic ring is 1. The Kier molecular flexibility index (Phi) is 4.73. The van der Waals surface area contributed by atoms with Crippen molar-refractivity contribution in [3.63, 3.8) is 0 Å². The van der Waals surface area contributed by atoms with Gasteiger partial charge >= 0.3 is 0 Å². The van der Waals surface area contributed by atoms with Crippen molar-refractivity contribution in [2.24, 2.45) is 11.8 Å². The molecule has 1 unspecified atom stereocenters. The minimum Gasteiger partial charge on any atom is -0.396 e. The van der Waals surface area contributed by atoms with Gasteiger partial charge in [-0.05, 0) is 25.2 Å². The quantitative estimate of drug-likeness (QED) is 0.895. The summed E-state index contributed by atoms with van der Waals surface area (Å²) in [6.07, 6.45) is 1.12. The van der Waals surface area contributed by atoms with E-state index in [9.17, 15) is 10.1 Å². The van der Waals surface area contributed by atoms with Crippen LogP contribution in [0.25, 0.3) is 0 Å². The fourth-order valence-electron chi connectivity index (χ4n) is 2.69. The molecule has 1 aromatic heterocycles. The number of hydrogen-bond donors (Lipinski definition) is 2. The number of rotatable bonds is 4. The Morgan fingerprint density at radius 2 is 2.33 bits per heavy atom. The van der Waals surface area contributed by atoms with Crippen molar-refractivity contribution >= 4 is 27.9 Å². The van der Waals surface area contributed by atoms with Crippen molar-refractivity contribution in [3.05, 3.63) is 10.4 Å². The van der Waals surface area contributed by atoms with Crippen molar-refractivity contribution in [2.45, 2.75) is 27.2 Å². The Bertz CT molecular complexity index is 573. The SMILES string of the molecule is CCNC(=O)c1sc(N2CCC(C(C)C)C2)c(C#N)c1N. The molecular formula is C15H22N4OS. The monoisotopic (exact) mass is 306 g/mol. The number of nitrogens with one attached hydrogen (secondary N) is 1. The van der Waals surface area contributed by atoms with Crippen LogP contribution in [0.5, 0.6) is 0 Å². The Balaban J connectivity index is 2.31. The van der Waals surface area contributed by atoms with E-state index in [1.165, 1.54) is 11.3 Å². The third-order valence-electron chi connectivity index (χ3n) is 4.04. The van der Waals surface area contributed by atoms with E-state index in [1.54, 1.807) is 0 Å². The first-order chi connectivity index (χ1) is 9.99. The molecule has 1 fully saturated rings. The minimum absolute atomic E-state index is 0.192. The molecule has 3 N–H and O–H groups in total. The number of anilines is 2. The number of hydrogen-bond acceptors (Lipinski definition) is 5. The minimum atomic E-state index is -0.192. The van der Waals surface area contributed by atoms with Gasteiger partial charge in [0.2, 0.25) is 0 Å². The lowest BCUT2D eigenvalue weighted by Crippen LogP contribution is -2.22. The first kappa shape index (κ1) is 15.6. The van der Waals surface area contributed by atoms with Crippen LogP contribution in [0, 0.1) is 23.2 Å². The number of carbonyl (C=O) groups is 1. The van der Waals surface area contributed by atoms with Crippen LogP contribution < -0.4 is 16.0 Å². The van der Waals surface area contributed by atoms with Gasteiger partial charge in [0.1, 0.15) is 21.5 Å². The largest absolute Gasteiger partial charge is 0.396 e. The number of nitriles is 1. The predicted octanol–water partition coefficient (Wildman–Crippen LogP) is 2.43. The highest BCUT2D eigenvalue weighted by molar-refractivity contribution is 7.19. The normalized spacial score (nSPS) is 18.0. The first-order valence-electron chi connectivity index (χ1n) is 7.35. The molecular weight excluding hydrogens is 284 g/mol. The molecule has 1 amide bonds. The smallest absolute Gasteiger partial charge is 0.263 e. The molecule has 2 heterocycles. The molecule has 1 aliphatic heterocycles. The van der Waals surface area contributed by atoms with Gasteiger partial charge in [-0.2, -0.15) is 5.26 Å². The Hall–Kier alpha value is -1.74. The summed E-state index contributed by atoms with van der Waals surface area (Å²) in [5.41, 5.74) is 6.77. The van der Waals surface area contributed by atoms with Gasteiger partial charge in [-0.3, -0.25) is 4.79 Å². The van der Waals surface area contributed by atoms with Crippen molar-refractivity contribution in [2.75, 3.05) is 30.3 Å². The van der Waals surface area contributed by atoms with Gasteiger partial charge in [-0.15, -0.1) is 11.3 Å². The van der Waals surface area contributed by atoms with Crippen molar-refractivity contribution in [1.29, 1.82) is 5.26 Å². The van der Waals surface area contributed by atoms with Gasteiger partial charge in [-0.25, -0.2) is 0 Å². The summed E-state index contributed by atoms with van der Waals surface area (Å²) in [6, 6.07) is 2.17. The van der Waals surface area contributed by atoms with Crippen molar-refractivity contribution in [1.82, 2.24) is 5.32 Å². The molecule has 0 aliphatic carbocycles. The van der Waals surface area contributed by atoms with Gasteiger partial charge in [0.25, 0.3) is 5.91 Å². The van der Waals surface area contributed by atoms with Crippen molar-refractivity contribution < 1.29 is 4.79 Å². The Morgan fingerprint density at radius 1 is 1.62 bits per heavy atom. The molecule has 1 aromatic rings. The summed E-state index contributed by atoms with van der Waals surface area (Å²) >= 11 is 1.34. The van der Waals surface area contributed by atoms with E-state index in [2.05, 4.69) is 30.1 Å². The number of nitrogens with two attached hydrogens (primary N) is 1. The lowest BCUT2D eigenvalue weighted by Gasteiger charge is -2.18. The van der Waals surface area contributed by atoms with E-state index >= 15 is 0 Å². The highest BCUT2D eigenvalue weighted by Gasteiger charge is 2.30. The summed E-state index contributed by atoms with van der Waals surface area (Å²) in [4.78, 5) is 14.7. The van der Waals surface area contributed by atoms with E-state index in [1.807, 2.05) is 6.92 Å². The van der Waals surface area contributed by atoms with Crippen LogP contribution in [0.2, 0.25) is 0 Å². The van der Waals surface area contributed by atoms with Gasteiger partial charge < -0.3 is 16.0 Å². The molecule has 5 nitrogen and oxygen atoms in total. The second kappa shape index (κ2) is 6.35. The van der Waals surface area contributed by atoms with E-state index in [0.717, 1.165) is 24.5 Å². The Morgan fingerprint density at radius 3 is 2.86 bits per heavy atom. The van der Waals surface area contributed by atoms with Gasteiger partial charge in [-0.1, -0.05) is 13.8 Å².